The van der Waals surface area contributed by atoms with E-state index in [2.05, 4.69) is 20.7 Å². The zero-order chi connectivity index (χ0) is 23.7. The van der Waals surface area contributed by atoms with Gasteiger partial charge in [-0.2, -0.15) is 4.52 Å². The number of nitrogens with zero attached hydrogens (tertiary/aromatic N) is 4. The molecule has 2 aromatic carbocycles. The van der Waals surface area contributed by atoms with Crippen LogP contribution < -0.4 is 20.1 Å². The van der Waals surface area contributed by atoms with Crippen LogP contribution in [0, 0.1) is 0 Å². The van der Waals surface area contributed by atoms with Crippen molar-refractivity contribution in [2.75, 3.05) is 26.1 Å². The summed E-state index contributed by atoms with van der Waals surface area (Å²) < 4.78 is 39.8. The summed E-state index contributed by atoms with van der Waals surface area (Å²) in [5.74, 6) is -0.665. The van der Waals surface area contributed by atoms with Gasteiger partial charge in [-0.1, -0.05) is 30.3 Å². The number of methoxy groups -OCH3 is 2. The highest BCUT2D eigenvalue weighted by atomic mass is 19.3. The first-order valence-electron chi connectivity index (χ1n) is 10.8. The zero-order valence-electron chi connectivity index (χ0n) is 18.8. The number of fused-ring (bicyclic) bond motifs is 1. The molecule has 3 heterocycles. The van der Waals surface area contributed by atoms with Crippen molar-refractivity contribution in [3.05, 3.63) is 66.0 Å². The van der Waals surface area contributed by atoms with Crippen LogP contribution in [0.5, 0.6) is 11.5 Å². The Balaban J connectivity index is 1.52. The number of aromatic nitrogens is 4. The van der Waals surface area contributed by atoms with Gasteiger partial charge < -0.3 is 20.1 Å². The Hall–Kier alpha value is -3.79. The molecule has 34 heavy (non-hydrogen) atoms. The van der Waals surface area contributed by atoms with Gasteiger partial charge in [-0.15, -0.1) is 5.10 Å². The van der Waals surface area contributed by atoms with Crippen molar-refractivity contribution >= 4 is 11.6 Å². The molecule has 8 nitrogen and oxygen atoms in total. The van der Waals surface area contributed by atoms with E-state index in [1.807, 2.05) is 42.5 Å². The summed E-state index contributed by atoms with van der Waals surface area (Å²) in [6.07, 6.45) is -0.339. The van der Waals surface area contributed by atoms with Gasteiger partial charge in [-0.25, -0.2) is 18.7 Å². The van der Waals surface area contributed by atoms with E-state index in [-0.39, 0.29) is 13.0 Å². The van der Waals surface area contributed by atoms with Gasteiger partial charge in [0.15, 0.2) is 11.5 Å². The minimum atomic E-state index is -2.78. The molecule has 0 aliphatic carbocycles. The molecule has 0 amide bonds. The molecule has 0 radical (unpaired) electrons. The van der Waals surface area contributed by atoms with Crippen molar-refractivity contribution < 1.29 is 18.3 Å². The van der Waals surface area contributed by atoms with Crippen molar-refractivity contribution in [3.63, 3.8) is 0 Å². The molecule has 1 aliphatic heterocycles. The predicted octanol–water partition coefficient (Wildman–Crippen LogP) is 4.09. The number of benzene rings is 2. The Morgan fingerprint density at radius 3 is 2.62 bits per heavy atom. The van der Waals surface area contributed by atoms with Gasteiger partial charge in [0.1, 0.15) is 11.5 Å². The lowest BCUT2D eigenvalue weighted by Gasteiger charge is -2.13. The number of ether oxygens (including phenoxy) is 2. The van der Waals surface area contributed by atoms with Crippen LogP contribution in [0.4, 0.5) is 14.7 Å². The highest BCUT2D eigenvalue weighted by Gasteiger charge is 2.41. The highest BCUT2D eigenvalue weighted by Crippen LogP contribution is 2.33. The Morgan fingerprint density at radius 2 is 1.91 bits per heavy atom. The second-order valence-corrected chi connectivity index (χ2v) is 8.10. The Kier molecular flexibility index (Phi) is 5.74. The number of rotatable bonds is 7. The van der Waals surface area contributed by atoms with Gasteiger partial charge in [0.05, 0.1) is 32.5 Å². The third-order valence-corrected chi connectivity index (χ3v) is 5.76. The molecule has 5 rings (SSSR count). The van der Waals surface area contributed by atoms with Crippen molar-refractivity contribution in [2.24, 2.45) is 0 Å². The molecule has 1 aliphatic rings. The predicted molar refractivity (Wildman–Crippen MR) is 123 cm³/mol. The first-order chi connectivity index (χ1) is 16.5. The van der Waals surface area contributed by atoms with Gasteiger partial charge in [-0.3, -0.25) is 0 Å². The average molecular weight is 466 g/mol. The standard InChI is InChI=1S/C24H24F2N6O2/c1-33-17-9-8-16(20(10-17)34-2)13-27-23-29-18(15-6-4-3-5-7-15)11-21-30-22(31-32(21)23)19-12-24(25,26)14-28-19/h3-11,19,28H,12-14H2,1-2H3,(H,27,29)/t19-/m0/s1. The molecule has 0 bridgehead atoms. The topological polar surface area (TPSA) is 85.6 Å². The number of alkyl halides is 2. The van der Waals surface area contributed by atoms with Crippen LogP contribution in [0.2, 0.25) is 0 Å². The minimum absolute atomic E-state index is 0.314. The molecule has 176 valence electrons. The molecular weight excluding hydrogens is 442 g/mol. The molecule has 10 heteroatoms. The second-order valence-electron chi connectivity index (χ2n) is 8.10. The SMILES string of the molecule is COc1ccc(CNc2nc(-c3ccccc3)cc3nc([C@@H]4CC(F)(F)CN4)nn23)c(OC)c1. The van der Waals surface area contributed by atoms with Crippen LogP contribution >= 0.6 is 0 Å². The van der Waals surface area contributed by atoms with Crippen LogP contribution in [-0.4, -0.2) is 46.3 Å². The van der Waals surface area contributed by atoms with E-state index in [9.17, 15) is 8.78 Å². The fourth-order valence-electron chi connectivity index (χ4n) is 4.00. The highest BCUT2D eigenvalue weighted by molar-refractivity contribution is 5.65. The summed E-state index contributed by atoms with van der Waals surface area (Å²) in [6.45, 7) is 0.00551. The van der Waals surface area contributed by atoms with Crippen molar-refractivity contribution in [1.29, 1.82) is 0 Å². The Morgan fingerprint density at radius 1 is 1.09 bits per heavy atom. The van der Waals surface area contributed by atoms with Crippen LogP contribution in [0.15, 0.2) is 54.6 Å². The third kappa shape index (κ3) is 4.36. The Bertz CT molecular complexity index is 1310. The van der Waals surface area contributed by atoms with Crippen LogP contribution in [0.1, 0.15) is 23.9 Å². The maximum atomic E-state index is 13.8. The molecule has 1 saturated heterocycles. The summed E-state index contributed by atoms with van der Waals surface area (Å²) in [5.41, 5.74) is 3.01. The summed E-state index contributed by atoms with van der Waals surface area (Å²) in [5, 5.41) is 10.6. The monoisotopic (exact) mass is 466 g/mol. The maximum Gasteiger partial charge on any atom is 0.262 e. The van der Waals surface area contributed by atoms with Crippen LogP contribution in [-0.2, 0) is 6.54 Å². The normalized spacial score (nSPS) is 17.1. The smallest absolute Gasteiger partial charge is 0.262 e. The van der Waals surface area contributed by atoms with Crippen molar-refractivity contribution in [2.45, 2.75) is 24.9 Å². The van der Waals surface area contributed by atoms with Gasteiger partial charge in [0.2, 0.25) is 5.95 Å². The molecule has 0 spiro atoms. The van der Waals surface area contributed by atoms with E-state index in [0.29, 0.717) is 41.2 Å². The molecule has 0 unspecified atom stereocenters. The first-order valence-corrected chi connectivity index (χ1v) is 10.8. The summed E-state index contributed by atoms with van der Waals surface area (Å²) >= 11 is 0. The number of hydrogen-bond acceptors (Lipinski definition) is 7. The van der Waals surface area contributed by atoms with Gasteiger partial charge >= 0.3 is 0 Å². The third-order valence-electron chi connectivity index (χ3n) is 5.76. The average Bonchev–Trinajstić information content (AvgIpc) is 3.45. The lowest BCUT2D eigenvalue weighted by molar-refractivity contribution is 0.0208. The molecule has 2 N–H and O–H groups in total. The van der Waals surface area contributed by atoms with E-state index < -0.39 is 12.0 Å². The number of hydrogen-bond donors (Lipinski definition) is 2. The van der Waals surface area contributed by atoms with Crippen LogP contribution in [0.3, 0.4) is 0 Å². The van der Waals surface area contributed by atoms with E-state index in [4.69, 9.17) is 14.5 Å². The summed E-state index contributed by atoms with van der Waals surface area (Å²) in [4.78, 5) is 9.31. The molecule has 1 atom stereocenters. The van der Waals surface area contributed by atoms with Gasteiger partial charge in [0.25, 0.3) is 5.92 Å². The van der Waals surface area contributed by atoms with E-state index in [1.165, 1.54) is 0 Å². The largest absolute Gasteiger partial charge is 0.497 e. The molecule has 4 aromatic rings. The maximum absolute atomic E-state index is 13.8. The number of anilines is 1. The van der Waals surface area contributed by atoms with Crippen molar-refractivity contribution in [3.8, 4) is 22.8 Å². The van der Waals surface area contributed by atoms with E-state index >= 15 is 0 Å². The molecule has 2 aromatic heterocycles. The second kappa shape index (κ2) is 8.86. The minimum Gasteiger partial charge on any atom is -0.497 e. The number of halogens is 2. The Labute approximate surface area is 194 Å². The fourth-order valence-corrected chi connectivity index (χ4v) is 4.00. The molecule has 1 fully saturated rings. The first kappa shape index (κ1) is 22.0. The quantitative estimate of drug-likeness (QED) is 0.424. The lowest BCUT2D eigenvalue weighted by Crippen LogP contribution is -2.19. The zero-order valence-corrected chi connectivity index (χ0v) is 18.8. The van der Waals surface area contributed by atoms with Crippen molar-refractivity contribution in [1.82, 2.24) is 24.9 Å². The number of nitrogens with one attached hydrogen (secondary N) is 2. The molecular formula is C24H24F2N6O2. The lowest BCUT2D eigenvalue weighted by atomic mass is 10.1. The fraction of sp³-hybridized carbons (Fsp3) is 0.292. The van der Waals surface area contributed by atoms with E-state index in [1.54, 1.807) is 30.9 Å². The summed E-state index contributed by atoms with van der Waals surface area (Å²) in [7, 11) is 3.19. The van der Waals surface area contributed by atoms with Gasteiger partial charge in [-0.05, 0) is 12.1 Å². The summed E-state index contributed by atoms with van der Waals surface area (Å²) in [6, 6.07) is 16.4. The van der Waals surface area contributed by atoms with E-state index in [0.717, 1.165) is 11.1 Å². The molecule has 0 saturated carbocycles. The van der Waals surface area contributed by atoms with Gasteiger partial charge in [0, 0.05) is 36.2 Å². The van der Waals surface area contributed by atoms with Crippen LogP contribution in [0.25, 0.3) is 16.9 Å².